The SMILES string of the molecule is CC1CCN(Cc2ccc3c(c2)N(C)C(=O)C2(O)NC(=O)CCC2N3)CC1. The van der Waals surface area contributed by atoms with Crippen molar-refractivity contribution in [3.8, 4) is 0 Å². The Hall–Kier alpha value is -2.12. The summed E-state index contributed by atoms with van der Waals surface area (Å²) in [5.74, 6) is -0.0143. The van der Waals surface area contributed by atoms with E-state index in [1.165, 1.54) is 17.7 Å². The van der Waals surface area contributed by atoms with Crippen molar-refractivity contribution in [1.82, 2.24) is 10.2 Å². The van der Waals surface area contributed by atoms with E-state index < -0.39 is 17.7 Å². The van der Waals surface area contributed by atoms with Crippen molar-refractivity contribution in [1.29, 1.82) is 0 Å². The first-order valence-corrected chi connectivity index (χ1v) is 9.80. The van der Waals surface area contributed by atoms with E-state index in [1.54, 1.807) is 7.05 Å². The highest BCUT2D eigenvalue weighted by Crippen LogP contribution is 2.36. The van der Waals surface area contributed by atoms with Gasteiger partial charge >= 0.3 is 0 Å². The molecular weight excluding hydrogens is 344 g/mol. The van der Waals surface area contributed by atoms with Crippen LogP contribution in [0.2, 0.25) is 0 Å². The summed E-state index contributed by atoms with van der Waals surface area (Å²) < 4.78 is 0. The number of amides is 2. The molecule has 3 heterocycles. The number of aliphatic hydroxyl groups is 1. The molecule has 3 aliphatic rings. The lowest BCUT2D eigenvalue weighted by Gasteiger charge is -2.38. The Morgan fingerprint density at radius 2 is 1.96 bits per heavy atom. The second-order valence-electron chi connectivity index (χ2n) is 8.22. The monoisotopic (exact) mass is 372 g/mol. The third-order valence-corrected chi connectivity index (χ3v) is 6.16. The van der Waals surface area contributed by atoms with Crippen LogP contribution in [0.25, 0.3) is 0 Å². The number of hydrogen-bond acceptors (Lipinski definition) is 5. The molecule has 4 rings (SSSR count). The number of hydrogen-bond donors (Lipinski definition) is 3. The van der Waals surface area contributed by atoms with Gasteiger partial charge in [-0.1, -0.05) is 13.0 Å². The number of likely N-dealkylation sites (tertiary alicyclic amines) is 1. The first kappa shape index (κ1) is 18.3. The second-order valence-corrected chi connectivity index (χ2v) is 8.22. The van der Waals surface area contributed by atoms with E-state index in [9.17, 15) is 14.7 Å². The fourth-order valence-electron chi connectivity index (χ4n) is 4.33. The van der Waals surface area contributed by atoms with Crippen LogP contribution in [-0.4, -0.2) is 53.7 Å². The number of carbonyl (C=O) groups is 2. The van der Waals surface area contributed by atoms with Gasteiger partial charge in [0.1, 0.15) is 0 Å². The minimum Gasteiger partial charge on any atom is -0.375 e. The number of benzene rings is 1. The highest BCUT2D eigenvalue weighted by atomic mass is 16.3. The lowest BCUT2D eigenvalue weighted by atomic mass is 9.93. The molecule has 7 heteroatoms. The van der Waals surface area contributed by atoms with E-state index >= 15 is 0 Å². The van der Waals surface area contributed by atoms with Crippen LogP contribution in [-0.2, 0) is 16.1 Å². The summed E-state index contributed by atoms with van der Waals surface area (Å²) in [4.78, 5) is 28.6. The molecule has 146 valence electrons. The Morgan fingerprint density at radius 1 is 1.22 bits per heavy atom. The van der Waals surface area contributed by atoms with E-state index in [0.29, 0.717) is 6.42 Å². The smallest absolute Gasteiger partial charge is 0.282 e. The van der Waals surface area contributed by atoms with Gasteiger partial charge in [0.2, 0.25) is 11.6 Å². The number of anilines is 2. The maximum absolute atomic E-state index is 13.0. The van der Waals surface area contributed by atoms with Crippen LogP contribution in [0.15, 0.2) is 18.2 Å². The van der Waals surface area contributed by atoms with Gasteiger partial charge in [0.25, 0.3) is 5.91 Å². The zero-order valence-electron chi connectivity index (χ0n) is 16.0. The van der Waals surface area contributed by atoms with Gasteiger partial charge in [-0.15, -0.1) is 0 Å². The van der Waals surface area contributed by atoms with Crippen LogP contribution >= 0.6 is 0 Å². The van der Waals surface area contributed by atoms with Crippen LogP contribution < -0.4 is 15.5 Å². The quantitative estimate of drug-likeness (QED) is 0.728. The standard InChI is InChI=1S/C20H28N4O3/c1-13-7-9-24(10-8-13)12-14-3-4-15-16(11-14)23(2)19(26)20(27)17(21-15)5-6-18(25)22-20/h3-4,11,13,17,21,27H,5-10,12H2,1-2H3,(H,22,25). The van der Waals surface area contributed by atoms with Crippen molar-refractivity contribution < 1.29 is 14.7 Å². The summed E-state index contributed by atoms with van der Waals surface area (Å²) in [5.41, 5.74) is 0.774. The van der Waals surface area contributed by atoms with Crippen molar-refractivity contribution in [3.63, 3.8) is 0 Å². The summed E-state index contributed by atoms with van der Waals surface area (Å²) in [6.07, 6.45) is 3.14. The van der Waals surface area contributed by atoms with Crippen LogP contribution in [0.1, 0.15) is 38.2 Å². The highest BCUT2D eigenvalue weighted by Gasteiger charge is 2.51. The summed E-state index contributed by atoms with van der Waals surface area (Å²) in [5, 5.41) is 16.7. The van der Waals surface area contributed by atoms with E-state index in [4.69, 9.17) is 0 Å². The normalized spacial score (nSPS) is 29.4. The maximum atomic E-state index is 13.0. The molecule has 0 aromatic heterocycles. The molecule has 27 heavy (non-hydrogen) atoms. The third-order valence-electron chi connectivity index (χ3n) is 6.16. The molecular formula is C20H28N4O3. The summed E-state index contributed by atoms with van der Waals surface area (Å²) in [7, 11) is 1.65. The zero-order chi connectivity index (χ0) is 19.2. The van der Waals surface area contributed by atoms with E-state index in [2.05, 4.69) is 28.5 Å². The van der Waals surface area contributed by atoms with Gasteiger partial charge in [-0.05, 0) is 56.0 Å². The fraction of sp³-hybridized carbons (Fsp3) is 0.600. The molecule has 3 aliphatic heterocycles. The molecule has 1 aromatic rings. The van der Waals surface area contributed by atoms with Gasteiger partial charge in [0.15, 0.2) is 0 Å². The molecule has 2 unspecified atom stereocenters. The lowest BCUT2D eigenvalue weighted by molar-refractivity contribution is -0.152. The predicted molar refractivity (Wildman–Crippen MR) is 103 cm³/mol. The molecule has 2 saturated heterocycles. The van der Waals surface area contributed by atoms with Gasteiger partial charge in [-0.2, -0.15) is 0 Å². The summed E-state index contributed by atoms with van der Waals surface area (Å²) in [6, 6.07) is 5.53. The second kappa shape index (κ2) is 6.80. The van der Waals surface area contributed by atoms with Crippen LogP contribution in [0.4, 0.5) is 11.4 Å². The van der Waals surface area contributed by atoms with Crippen molar-refractivity contribution in [2.75, 3.05) is 30.4 Å². The van der Waals surface area contributed by atoms with Gasteiger partial charge in [-0.3, -0.25) is 14.5 Å². The van der Waals surface area contributed by atoms with Crippen LogP contribution in [0.3, 0.4) is 0 Å². The van der Waals surface area contributed by atoms with Crippen molar-refractivity contribution >= 4 is 23.2 Å². The number of nitrogens with zero attached hydrogens (tertiary/aromatic N) is 2. The molecule has 0 spiro atoms. The van der Waals surface area contributed by atoms with Crippen LogP contribution in [0.5, 0.6) is 0 Å². The Balaban J connectivity index is 1.59. The Labute approximate surface area is 159 Å². The average Bonchev–Trinajstić information content (AvgIpc) is 2.72. The summed E-state index contributed by atoms with van der Waals surface area (Å²) >= 11 is 0. The number of rotatable bonds is 2. The minimum atomic E-state index is -1.91. The van der Waals surface area contributed by atoms with Gasteiger partial charge in [0.05, 0.1) is 17.4 Å². The van der Waals surface area contributed by atoms with Crippen LogP contribution in [0, 0.1) is 5.92 Å². The van der Waals surface area contributed by atoms with Gasteiger partial charge < -0.3 is 20.6 Å². The average molecular weight is 372 g/mol. The lowest BCUT2D eigenvalue weighted by Crippen LogP contribution is -2.68. The Morgan fingerprint density at radius 3 is 2.70 bits per heavy atom. The van der Waals surface area contributed by atoms with E-state index in [-0.39, 0.29) is 12.3 Å². The molecule has 0 aliphatic carbocycles. The minimum absolute atomic E-state index is 0.289. The topological polar surface area (TPSA) is 84.9 Å². The highest BCUT2D eigenvalue weighted by molar-refractivity contribution is 6.05. The first-order chi connectivity index (χ1) is 12.9. The molecule has 2 amide bonds. The predicted octanol–water partition coefficient (Wildman–Crippen LogP) is 1.27. The molecule has 7 nitrogen and oxygen atoms in total. The maximum Gasteiger partial charge on any atom is 0.282 e. The molecule has 1 aromatic carbocycles. The molecule has 2 fully saturated rings. The number of fused-ring (bicyclic) bond motifs is 2. The van der Waals surface area contributed by atoms with Gasteiger partial charge in [-0.25, -0.2) is 0 Å². The fourth-order valence-corrected chi connectivity index (χ4v) is 4.33. The van der Waals surface area contributed by atoms with Crippen molar-refractivity contribution in [2.24, 2.45) is 5.92 Å². The first-order valence-electron chi connectivity index (χ1n) is 9.80. The number of carbonyl (C=O) groups excluding carboxylic acids is 2. The van der Waals surface area contributed by atoms with Crippen molar-refractivity contribution in [3.05, 3.63) is 23.8 Å². The number of likely N-dealkylation sites (N-methyl/N-ethyl adjacent to an activating group) is 1. The molecule has 0 saturated carbocycles. The zero-order valence-corrected chi connectivity index (χ0v) is 16.0. The molecule has 2 atom stereocenters. The number of nitrogens with one attached hydrogen (secondary N) is 2. The molecule has 0 radical (unpaired) electrons. The van der Waals surface area contributed by atoms with Crippen molar-refractivity contribution in [2.45, 2.75) is 50.9 Å². The Bertz CT molecular complexity index is 760. The van der Waals surface area contributed by atoms with E-state index in [0.717, 1.165) is 42.5 Å². The molecule has 3 N–H and O–H groups in total. The Kier molecular flexibility index (Phi) is 4.60. The largest absolute Gasteiger partial charge is 0.375 e. The number of piperidine rings is 2. The summed E-state index contributed by atoms with van der Waals surface area (Å²) in [6.45, 7) is 5.35. The van der Waals surface area contributed by atoms with E-state index in [1.807, 2.05) is 12.1 Å². The van der Waals surface area contributed by atoms with Gasteiger partial charge in [0, 0.05) is 20.0 Å². The molecule has 0 bridgehead atoms. The third kappa shape index (κ3) is 3.30.